The van der Waals surface area contributed by atoms with Crippen molar-refractivity contribution >= 4 is 17.4 Å². The van der Waals surface area contributed by atoms with Gasteiger partial charge in [-0.3, -0.25) is 4.48 Å². The van der Waals surface area contributed by atoms with Crippen LogP contribution in [-0.2, 0) is 9.53 Å². The smallest absolute Gasteiger partial charge is 0.331 e. The Bertz CT molecular complexity index is 965. The van der Waals surface area contributed by atoms with Gasteiger partial charge in [-0.2, -0.15) is 0 Å². The maximum Gasteiger partial charge on any atom is 0.331 e. The second kappa shape index (κ2) is 13.1. The number of carboxylic acid groups (broad SMARTS) is 1. The minimum Gasteiger partial charge on any atom is -0.491 e. The summed E-state index contributed by atoms with van der Waals surface area (Å²) in [6.45, 7) is 8.03. The molecule has 3 rings (SSSR count). The first-order valence-corrected chi connectivity index (χ1v) is 12.5. The number of aliphatic carboxylic acids is 1. The highest BCUT2D eigenvalue weighted by Gasteiger charge is 2.36. The minimum atomic E-state index is -0.837. The van der Waals surface area contributed by atoms with E-state index in [1.807, 2.05) is 24.3 Å². The molecule has 0 aromatic heterocycles. The SMILES string of the molecule is CCCCOCCOc1ccc(C2=CC=C(C(=O)O)CCC[N+]2(CCC)c2ccccc2)cc1. The van der Waals surface area contributed by atoms with Gasteiger partial charge < -0.3 is 14.6 Å². The van der Waals surface area contributed by atoms with Crippen molar-refractivity contribution in [3.63, 3.8) is 0 Å². The van der Waals surface area contributed by atoms with Crippen molar-refractivity contribution in [3.8, 4) is 5.75 Å². The van der Waals surface area contributed by atoms with Crippen molar-refractivity contribution in [2.75, 3.05) is 32.9 Å². The van der Waals surface area contributed by atoms with E-state index in [-0.39, 0.29) is 0 Å². The van der Waals surface area contributed by atoms with E-state index in [1.165, 1.54) is 5.69 Å². The van der Waals surface area contributed by atoms with Crippen LogP contribution in [0.3, 0.4) is 0 Å². The number of hydrogen-bond acceptors (Lipinski definition) is 3. The van der Waals surface area contributed by atoms with Crippen LogP contribution in [0.15, 0.2) is 72.3 Å². The molecule has 1 unspecified atom stereocenters. The Labute approximate surface area is 203 Å². The fraction of sp³-hybridized carbons (Fsp3) is 0.414. The van der Waals surface area contributed by atoms with Crippen molar-refractivity contribution in [2.24, 2.45) is 0 Å². The maximum atomic E-state index is 11.7. The third kappa shape index (κ3) is 6.58. The molecule has 0 amide bonds. The largest absolute Gasteiger partial charge is 0.491 e. The number of ether oxygens (including phenoxy) is 2. The van der Waals surface area contributed by atoms with Crippen LogP contribution in [0.25, 0.3) is 5.70 Å². The molecule has 2 aromatic rings. The van der Waals surface area contributed by atoms with Crippen molar-refractivity contribution in [1.29, 1.82) is 0 Å². The number of benzene rings is 2. The average molecular weight is 465 g/mol. The molecule has 1 aliphatic rings. The van der Waals surface area contributed by atoms with E-state index in [1.54, 1.807) is 6.08 Å². The highest BCUT2D eigenvalue weighted by atomic mass is 16.5. The van der Waals surface area contributed by atoms with Gasteiger partial charge in [-0.15, -0.1) is 0 Å². The highest BCUT2D eigenvalue weighted by molar-refractivity contribution is 5.88. The predicted octanol–water partition coefficient (Wildman–Crippen LogP) is 6.45. The van der Waals surface area contributed by atoms with E-state index in [0.29, 0.717) is 29.7 Å². The molecule has 5 heteroatoms. The Morgan fingerprint density at radius 2 is 1.71 bits per heavy atom. The van der Waals surface area contributed by atoms with E-state index in [9.17, 15) is 9.90 Å². The lowest BCUT2D eigenvalue weighted by molar-refractivity contribution is -0.132. The molecule has 0 bridgehead atoms. The number of para-hydroxylation sites is 1. The molecule has 0 radical (unpaired) electrons. The van der Waals surface area contributed by atoms with Gasteiger partial charge in [0.2, 0.25) is 0 Å². The average Bonchev–Trinajstić information content (AvgIpc) is 2.84. The molecule has 5 nitrogen and oxygen atoms in total. The Hall–Kier alpha value is -2.89. The molecule has 0 fully saturated rings. The monoisotopic (exact) mass is 464 g/mol. The summed E-state index contributed by atoms with van der Waals surface area (Å²) < 4.78 is 12.1. The van der Waals surface area contributed by atoms with Crippen LogP contribution in [0.5, 0.6) is 5.75 Å². The third-order valence-corrected chi connectivity index (χ3v) is 6.31. The van der Waals surface area contributed by atoms with Gasteiger partial charge in [0.15, 0.2) is 0 Å². The van der Waals surface area contributed by atoms with Gasteiger partial charge in [0, 0.05) is 30.2 Å². The van der Waals surface area contributed by atoms with Gasteiger partial charge in [0.05, 0.1) is 19.7 Å². The third-order valence-electron chi connectivity index (χ3n) is 6.31. The molecule has 34 heavy (non-hydrogen) atoms. The Balaban J connectivity index is 1.92. The van der Waals surface area contributed by atoms with Gasteiger partial charge in [-0.1, -0.05) is 38.5 Å². The lowest BCUT2D eigenvalue weighted by Crippen LogP contribution is -2.49. The fourth-order valence-electron chi connectivity index (χ4n) is 4.60. The topological polar surface area (TPSA) is 55.8 Å². The van der Waals surface area contributed by atoms with Crippen LogP contribution < -0.4 is 9.22 Å². The summed E-state index contributed by atoms with van der Waals surface area (Å²) in [6, 6.07) is 18.7. The lowest BCUT2D eigenvalue weighted by atomic mass is 9.99. The summed E-state index contributed by atoms with van der Waals surface area (Å²) in [5.74, 6) is -0.0277. The Morgan fingerprint density at radius 3 is 2.38 bits per heavy atom. The first-order chi connectivity index (χ1) is 16.6. The zero-order chi connectivity index (χ0) is 24.2. The first-order valence-electron chi connectivity index (χ1n) is 12.5. The van der Waals surface area contributed by atoms with Gasteiger partial charge in [-0.05, 0) is 61.7 Å². The summed E-state index contributed by atoms with van der Waals surface area (Å²) in [4.78, 5) is 11.7. The van der Waals surface area contributed by atoms with E-state index >= 15 is 0 Å². The van der Waals surface area contributed by atoms with Crippen molar-refractivity contribution in [3.05, 3.63) is 77.9 Å². The number of carbonyl (C=O) groups is 1. The van der Waals surface area contributed by atoms with Crippen molar-refractivity contribution < 1.29 is 19.4 Å². The number of rotatable bonds is 12. The second-order valence-corrected chi connectivity index (χ2v) is 8.74. The molecule has 1 atom stereocenters. The summed E-state index contributed by atoms with van der Waals surface area (Å²) in [6.07, 6.45) is 8.40. The van der Waals surface area contributed by atoms with Crippen LogP contribution in [-0.4, -0.2) is 44.0 Å². The van der Waals surface area contributed by atoms with Crippen molar-refractivity contribution in [1.82, 2.24) is 4.48 Å². The molecule has 182 valence electrons. The summed E-state index contributed by atoms with van der Waals surface area (Å²) in [7, 11) is 0. The van der Waals surface area contributed by atoms with Crippen LogP contribution in [0.2, 0.25) is 0 Å². The van der Waals surface area contributed by atoms with Crippen LogP contribution in [0.4, 0.5) is 5.69 Å². The maximum absolute atomic E-state index is 11.7. The van der Waals surface area contributed by atoms with Gasteiger partial charge in [0.25, 0.3) is 0 Å². The van der Waals surface area contributed by atoms with Crippen LogP contribution in [0, 0.1) is 0 Å². The van der Waals surface area contributed by atoms with Crippen LogP contribution >= 0.6 is 0 Å². The molecule has 1 N–H and O–H groups in total. The predicted molar refractivity (Wildman–Crippen MR) is 139 cm³/mol. The van der Waals surface area contributed by atoms with Crippen molar-refractivity contribution in [2.45, 2.75) is 46.0 Å². The quantitative estimate of drug-likeness (QED) is 0.290. The van der Waals surface area contributed by atoms with Gasteiger partial charge in [-0.25, -0.2) is 4.79 Å². The number of allylic oxidation sites excluding steroid dienone is 2. The standard InChI is InChI=1S/C29H37NO4/c1-3-5-21-33-22-23-34-27-16-13-24(14-17-27)28-18-15-25(29(31)32)10-9-20-30(28,19-4-2)26-11-7-6-8-12-26/h6-8,11-18H,3-5,9-10,19-23H2,1-2H3/p+1. The number of hydrogen-bond donors (Lipinski definition) is 1. The fourth-order valence-corrected chi connectivity index (χ4v) is 4.60. The van der Waals surface area contributed by atoms with Gasteiger partial charge in [0.1, 0.15) is 23.7 Å². The number of unbranched alkanes of at least 4 members (excludes halogenated alkanes) is 1. The molecule has 2 aromatic carbocycles. The normalized spacial score (nSPS) is 18.4. The summed E-state index contributed by atoms with van der Waals surface area (Å²) in [5, 5.41) is 9.62. The number of nitrogens with zero attached hydrogens (tertiary/aromatic N) is 1. The number of quaternary nitrogens is 1. The Morgan fingerprint density at radius 1 is 0.941 bits per heavy atom. The molecule has 0 saturated carbocycles. The second-order valence-electron chi connectivity index (χ2n) is 8.74. The molecule has 1 heterocycles. The molecule has 0 aliphatic carbocycles. The molecular formula is C29H38NO4+. The lowest BCUT2D eigenvalue weighted by Gasteiger charge is -2.40. The minimum absolute atomic E-state index is 0.461. The summed E-state index contributed by atoms with van der Waals surface area (Å²) >= 11 is 0. The van der Waals surface area contributed by atoms with E-state index in [0.717, 1.165) is 62.4 Å². The van der Waals surface area contributed by atoms with E-state index in [2.05, 4.69) is 50.2 Å². The molecule has 1 aliphatic heterocycles. The first kappa shape index (κ1) is 25.7. The molecule has 0 spiro atoms. The zero-order valence-corrected chi connectivity index (χ0v) is 20.5. The van der Waals surface area contributed by atoms with E-state index in [4.69, 9.17) is 9.47 Å². The summed E-state index contributed by atoms with van der Waals surface area (Å²) in [5.41, 5.74) is 3.88. The molecule has 0 saturated heterocycles. The highest BCUT2D eigenvalue weighted by Crippen LogP contribution is 2.38. The Kier molecular flexibility index (Phi) is 9.92. The zero-order valence-electron chi connectivity index (χ0n) is 20.5. The molecular weight excluding hydrogens is 426 g/mol. The van der Waals surface area contributed by atoms with Crippen LogP contribution in [0.1, 0.15) is 51.5 Å². The number of carboxylic acids is 1. The van der Waals surface area contributed by atoms with Gasteiger partial charge >= 0.3 is 5.97 Å². The van der Waals surface area contributed by atoms with E-state index < -0.39 is 5.97 Å².